The highest BCUT2D eigenvalue weighted by molar-refractivity contribution is 5.87. The van der Waals surface area contributed by atoms with Gasteiger partial charge in [0.25, 0.3) is 5.91 Å². The van der Waals surface area contributed by atoms with Gasteiger partial charge in [-0.1, -0.05) is 50.2 Å². The van der Waals surface area contributed by atoms with E-state index in [0.717, 1.165) is 16.8 Å². The number of hydrazine groups is 1. The van der Waals surface area contributed by atoms with Gasteiger partial charge in [-0.3, -0.25) is 19.7 Å². The summed E-state index contributed by atoms with van der Waals surface area (Å²) in [7, 11) is 1.79. The van der Waals surface area contributed by atoms with Crippen LogP contribution in [0.3, 0.4) is 0 Å². The molecule has 0 radical (unpaired) electrons. The molecule has 4 rings (SSSR count). The van der Waals surface area contributed by atoms with Crippen LogP contribution < -0.4 is 15.5 Å². The highest BCUT2D eigenvalue weighted by atomic mass is 35.5. The van der Waals surface area contributed by atoms with Crippen LogP contribution in [0.2, 0.25) is 0 Å². The van der Waals surface area contributed by atoms with Crippen LogP contribution in [-0.2, 0) is 22.7 Å². The summed E-state index contributed by atoms with van der Waals surface area (Å²) in [4.78, 5) is 32.5. The summed E-state index contributed by atoms with van der Waals surface area (Å²) in [6.45, 7) is 8.78. The number of H-pyrrole nitrogens is 1. The van der Waals surface area contributed by atoms with Crippen molar-refractivity contribution in [1.29, 1.82) is 0 Å². The topological polar surface area (TPSA) is 109 Å². The van der Waals surface area contributed by atoms with Crippen molar-refractivity contribution in [2.24, 2.45) is 0 Å². The summed E-state index contributed by atoms with van der Waals surface area (Å²) in [5, 5.41) is 16.8. The number of aryl methyl sites for hydroxylation is 1. The SMILES string of the molecule is Cc1ccc(-c2ncn[nH]2)cc1N(CC(=O)NCCNC(C)C)CC(=O)N(C)N1Cc2ccccc2C1.Cl.Cl.Cl. The molecule has 0 bridgehead atoms. The second-order valence-corrected chi connectivity index (χ2v) is 9.66. The molecule has 1 aliphatic heterocycles. The Balaban J connectivity index is 0.00000267. The van der Waals surface area contributed by atoms with Crippen molar-refractivity contribution in [2.45, 2.75) is 39.9 Å². The van der Waals surface area contributed by atoms with E-state index in [9.17, 15) is 9.59 Å². The number of aromatic nitrogens is 3. The molecule has 0 saturated heterocycles. The number of aromatic amines is 1. The van der Waals surface area contributed by atoms with E-state index in [0.29, 0.717) is 38.0 Å². The molecule has 2 aromatic carbocycles. The Bertz CT molecular complexity index is 1200. The van der Waals surface area contributed by atoms with Crippen LogP contribution in [0.1, 0.15) is 30.5 Å². The Morgan fingerprint density at radius 1 is 1.02 bits per heavy atom. The van der Waals surface area contributed by atoms with Gasteiger partial charge in [-0.2, -0.15) is 5.10 Å². The van der Waals surface area contributed by atoms with Crippen molar-refractivity contribution in [3.63, 3.8) is 0 Å². The zero-order valence-electron chi connectivity index (χ0n) is 23.2. The number of likely N-dealkylation sites (N-methyl/N-ethyl adjacent to an activating group) is 1. The Kier molecular flexibility index (Phi) is 14.4. The number of halogens is 3. The molecule has 3 N–H and O–H groups in total. The van der Waals surface area contributed by atoms with Gasteiger partial charge in [0.15, 0.2) is 5.82 Å². The molecule has 1 aliphatic rings. The predicted molar refractivity (Wildman–Crippen MR) is 165 cm³/mol. The Morgan fingerprint density at radius 3 is 2.30 bits per heavy atom. The number of nitrogens with one attached hydrogen (secondary N) is 3. The van der Waals surface area contributed by atoms with E-state index in [1.807, 2.05) is 47.2 Å². The Morgan fingerprint density at radius 2 is 1.70 bits per heavy atom. The normalized spacial score (nSPS) is 12.0. The first-order valence-electron chi connectivity index (χ1n) is 12.6. The standard InChI is InChI=1S/C27H36N8O2.3ClH/c1-19(2)28-11-12-29-25(36)16-34(24-13-21(10-9-20(24)3)27-30-18-31-32-27)17-26(37)33(4)35-14-22-7-5-6-8-23(22)15-35;;;/h5-10,13,18-19,28H,11-12,14-17H2,1-4H3,(H,29,36)(H,30,31,32);3*1H. The van der Waals surface area contributed by atoms with Crippen LogP contribution in [-0.4, -0.2) is 76.3 Å². The summed E-state index contributed by atoms with van der Waals surface area (Å²) >= 11 is 0. The van der Waals surface area contributed by atoms with Gasteiger partial charge < -0.3 is 15.5 Å². The Labute approximate surface area is 254 Å². The Hall–Kier alpha value is -2.89. The van der Waals surface area contributed by atoms with Gasteiger partial charge in [-0.25, -0.2) is 9.99 Å². The smallest absolute Gasteiger partial charge is 0.256 e. The van der Waals surface area contributed by atoms with Crippen molar-refractivity contribution in [1.82, 2.24) is 35.8 Å². The van der Waals surface area contributed by atoms with Crippen LogP contribution in [0.25, 0.3) is 11.4 Å². The third kappa shape index (κ3) is 9.07. The van der Waals surface area contributed by atoms with Gasteiger partial charge in [-0.15, -0.1) is 37.2 Å². The van der Waals surface area contributed by atoms with E-state index in [-0.39, 0.29) is 62.1 Å². The number of hydrogen-bond donors (Lipinski definition) is 3. The van der Waals surface area contributed by atoms with Crippen LogP contribution in [0.15, 0.2) is 48.8 Å². The average molecular weight is 614 g/mol. The van der Waals surface area contributed by atoms with Crippen molar-refractivity contribution in [3.05, 3.63) is 65.5 Å². The molecule has 0 fully saturated rings. The first kappa shape index (κ1) is 35.1. The van der Waals surface area contributed by atoms with Crippen LogP contribution in [0.5, 0.6) is 0 Å². The summed E-state index contributed by atoms with van der Waals surface area (Å²) in [6, 6.07) is 14.4. The van der Waals surface area contributed by atoms with Crippen molar-refractivity contribution >= 4 is 54.7 Å². The molecule has 2 amide bonds. The molecule has 40 heavy (non-hydrogen) atoms. The van der Waals surface area contributed by atoms with E-state index < -0.39 is 0 Å². The molecule has 0 aliphatic carbocycles. The first-order chi connectivity index (χ1) is 17.8. The molecule has 0 spiro atoms. The van der Waals surface area contributed by atoms with E-state index >= 15 is 0 Å². The predicted octanol–water partition coefficient (Wildman–Crippen LogP) is 3.36. The molecular weight excluding hydrogens is 575 g/mol. The lowest BCUT2D eigenvalue weighted by atomic mass is 10.1. The number of anilines is 1. The molecule has 1 aromatic heterocycles. The zero-order chi connectivity index (χ0) is 26.4. The number of nitrogens with zero attached hydrogens (tertiary/aromatic N) is 5. The van der Waals surface area contributed by atoms with Gasteiger partial charge >= 0.3 is 0 Å². The fourth-order valence-corrected chi connectivity index (χ4v) is 4.41. The van der Waals surface area contributed by atoms with Gasteiger partial charge in [0.1, 0.15) is 6.33 Å². The van der Waals surface area contributed by atoms with E-state index in [2.05, 4.69) is 51.8 Å². The molecule has 3 aromatic rings. The van der Waals surface area contributed by atoms with Crippen molar-refractivity contribution in [3.8, 4) is 11.4 Å². The van der Waals surface area contributed by atoms with Gasteiger partial charge in [0, 0.05) is 50.5 Å². The average Bonchev–Trinajstić information content (AvgIpc) is 3.56. The maximum absolute atomic E-state index is 13.5. The van der Waals surface area contributed by atoms with Crippen LogP contribution in [0.4, 0.5) is 5.69 Å². The summed E-state index contributed by atoms with van der Waals surface area (Å²) in [6.07, 6.45) is 1.46. The number of rotatable bonds is 11. The first-order valence-corrected chi connectivity index (χ1v) is 12.6. The molecule has 2 heterocycles. The molecule has 0 atom stereocenters. The van der Waals surface area contributed by atoms with Crippen molar-refractivity contribution < 1.29 is 9.59 Å². The monoisotopic (exact) mass is 612 g/mol. The van der Waals surface area contributed by atoms with Crippen LogP contribution >= 0.6 is 37.2 Å². The molecule has 10 nitrogen and oxygen atoms in total. The third-order valence-electron chi connectivity index (χ3n) is 6.51. The number of benzene rings is 2. The quantitative estimate of drug-likeness (QED) is 0.285. The van der Waals surface area contributed by atoms with Crippen LogP contribution in [0, 0.1) is 6.92 Å². The minimum atomic E-state index is -0.140. The number of carbonyl (C=O) groups excluding carboxylic acids is 2. The fourth-order valence-electron chi connectivity index (χ4n) is 4.41. The minimum absolute atomic E-state index is 0. The van der Waals surface area contributed by atoms with E-state index in [4.69, 9.17) is 0 Å². The molecule has 220 valence electrons. The van der Waals surface area contributed by atoms with Gasteiger partial charge in [-0.05, 0) is 29.7 Å². The molecule has 0 saturated carbocycles. The van der Waals surface area contributed by atoms with Gasteiger partial charge in [0.05, 0.1) is 13.1 Å². The second kappa shape index (κ2) is 16.4. The number of amides is 2. The second-order valence-electron chi connectivity index (χ2n) is 9.66. The number of hydrogen-bond acceptors (Lipinski definition) is 7. The number of carbonyl (C=O) groups is 2. The zero-order valence-corrected chi connectivity index (χ0v) is 25.7. The maximum Gasteiger partial charge on any atom is 0.256 e. The van der Waals surface area contributed by atoms with E-state index in [1.54, 1.807) is 12.1 Å². The molecule has 0 unspecified atom stereocenters. The molecule has 13 heteroatoms. The largest absolute Gasteiger partial charge is 0.353 e. The minimum Gasteiger partial charge on any atom is -0.353 e. The highest BCUT2D eigenvalue weighted by Gasteiger charge is 2.27. The fraction of sp³-hybridized carbons (Fsp3) is 0.407. The van der Waals surface area contributed by atoms with E-state index in [1.165, 1.54) is 17.5 Å². The summed E-state index contributed by atoms with van der Waals surface area (Å²) in [5.74, 6) is 0.397. The number of fused-ring (bicyclic) bond motifs is 1. The molecular formula is C27H39Cl3N8O2. The maximum atomic E-state index is 13.5. The third-order valence-corrected chi connectivity index (χ3v) is 6.51. The van der Waals surface area contributed by atoms with Crippen molar-refractivity contribution in [2.75, 3.05) is 38.1 Å². The van der Waals surface area contributed by atoms with Gasteiger partial charge in [0.2, 0.25) is 5.91 Å². The lowest BCUT2D eigenvalue weighted by molar-refractivity contribution is -0.145. The lowest BCUT2D eigenvalue weighted by Gasteiger charge is -2.32. The summed E-state index contributed by atoms with van der Waals surface area (Å²) in [5.41, 5.74) is 5.05. The summed E-state index contributed by atoms with van der Waals surface area (Å²) < 4.78 is 0. The highest BCUT2D eigenvalue weighted by Crippen LogP contribution is 2.27. The lowest BCUT2D eigenvalue weighted by Crippen LogP contribution is -2.48.